The van der Waals surface area contributed by atoms with Crippen molar-refractivity contribution in [2.24, 2.45) is 0 Å². The smallest absolute Gasteiger partial charge is 0.0659 e. The van der Waals surface area contributed by atoms with E-state index in [1.54, 1.807) is 0 Å². The van der Waals surface area contributed by atoms with Crippen molar-refractivity contribution in [2.75, 3.05) is 0 Å². The first-order valence-corrected chi connectivity index (χ1v) is 6.53. The first-order chi connectivity index (χ1) is 8.28. The van der Waals surface area contributed by atoms with Crippen LogP contribution in [0.25, 0.3) is 5.69 Å². The highest BCUT2D eigenvalue weighted by Crippen LogP contribution is 2.39. The summed E-state index contributed by atoms with van der Waals surface area (Å²) in [7, 11) is 0. The molecule has 0 amide bonds. The third kappa shape index (κ3) is 2.09. The summed E-state index contributed by atoms with van der Waals surface area (Å²) in [5, 5.41) is 4.62. The van der Waals surface area contributed by atoms with Gasteiger partial charge in [0.2, 0.25) is 0 Å². The second-order valence-corrected chi connectivity index (χ2v) is 4.97. The monoisotopic (exact) mass is 246 g/mol. The van der Waals surface area contributed by atoms with Gasteiger partial charge in [-0.05, 0) is 49.1 Å². The van der Waals surface area contributed by atoms with Crippen molar-refractivity contribution >= 4 is 11.6 Å². The normalized spacial score (nSPS) is 15.2. The molecule has 1 aliphatic rings. The summed E-state index contributed by atoms with van der Waals surface area (Å²) in [5.74, 6) is 1.28. The van der Waals surface area contributed by atoms with Gasteiger partial charge in [-0.15, -0.1) is 11.6 Å². The van der Waals surface area contributed by atoms with E-state index in [1.165, 1.54) is 29.7 Å². The topological polar surface area (TPSA) is 17.8 Å². The van der Waals surface area contributed by atoms with E-state index in [2.05, 4.69) is 36.3 Å². The molecular formula is C14H15ClN2. The molecule has 0 N–H and O–H groups in total. The fourth-order valence-electron chi connectivity index (χ4n) is 2.05. The minimum absolute atomic E-state index is 0.568. The maximum atomic E-state index is 5.86. The van der Waals surface area contributed by atoms with Crippen LogP contribution in [-0.2, 0) is 5.88 Å². The molecule has 3 rings (SSSR count). The molecular weight excluding hydrogens is 232 g/mol. The van der Waals surface area contributed by atoms with Crippen molar-refractivity contribution in [3.8, 4) is 5.69 Å². The maximum absolute atomic E-state index is 5.86. The highest BCUT2D eigenvalue weighted by Gasteiger charge is 2.25. The minimum Gasteiger partial charge on any atom is -0.241 e. The average molecular weight is 247 g/mol. The van der Waals surface area contributed by atoms with Gasteiger partial charge in [0.1, 0.15) is 0 Å². The fourth-order valence-corrected chi connectivity index (χ4v) is 2.35. The summed E-state index contributed by atoms with van der Waals surface area (Å²) in [4.78, 5) is 0. The molecule has 0 aliphatic heterocycles. The number of hydrogen-bond acceptors (Lipinski definition) is 1. The Hall–Kier alpha value is -1.28. The van der Waals surface area contributed by atoms with E-state index in [1.807, 2.05) is 10.9 Å². The minimum atomic E-state index is 0.568. The zero-order chi connectivity index (χ0) is 11.8. The van der Waals surface area contributed by atoms with Crippen molar-refractivity contribution in [1.82, 2.24) is 9.78 Å². The van der Waals surface area contributed by atoms with E-state index in [0.29, 0.717) is 11.8 Å². The van der Waals surface area contributed by atoms with Crippen molar-refractivity contribution in [3.05, 3.63) is 47.3 Å². The number of nitrogens with zero attached hydrogens (tertiary/aromatic N) is 2. The van der Waals surface area contributed by atoms with Gasteiger partial charge in [0.15, 0.2) is 0 Å². The van der Waals surface area contributed by atoms with E-state index in [9.17, 15) is 0 Å². The van der Waals surface area contributed by atoms with Crippen LogP contribution in [0.1, 0.15) is 35.6 Å². The van der Waals surface area contributed by atoms with Crippen LogP contribution in [0.3, 0.4) is 0 Å². The summed E-state index contributed by atoms with van der Waals surface area (Å²) in [6.45, 7) is 2.09. The van der Waals surface area contributed by atoms with Crippen molar-refractivity contribution in [1.29, 1.82) is 0 Å². The Morgan fingerprint density at radius 3 is 2.82 bits per heavy atom. The summed E-state index contributed by atoms with van der Waals surface area (Å²) in [6, 6.07) is 8.42. The molecule has 1 heterocycles. The maximum Gasteiger partial charge on any atom is 0.0659 e. The molecule has 17 heavy (non-hydrogen) atoms. The van der Waals surface area contributed by atoms with Crippen LogP contribution in [-0.4, -0.2) is 9.78 Å². The Morgan fingerprint density at radius 1 is 1.35 bits per heavy atom. The summed E-state index contributed by atoms with van der Waals surface area (Å²) in [5.41, 5.74) is 4.75. The molecule has 88 valence electrons. The highest BCUT2D eigenvalue weighted by molar-refractivity contribution is 6.17. The molecule has 1 aromatic heterocycles. The largest absolute Gasteiger partial charge is 0.241 e. The van der Waals surface area contributed by atoms with Gasteiger partial charge in [0.05, 0.1) is 11.4 Å². The molecule has 1 aromatic carbocycles. The van der Waals surface area contributed by atoms with Crippen LogP contribution >= 0.6 is 11.6 Å². The van der Waals surface area contributed by atoms with Crippen LogP contribution in [0.5, 0.6) is 0 Å². The van der Waals surface area contributed by atoms with Gasteiger partial charge >= 0.3 is 0 Å². The highest BCUT2D eigenvalue weighted by atomic mass is 35.5. The van der Waals surface area contributed by atoms with Gasteiger partial charge in [-0.3, -0.25) is 0 Å². The number of hydrogen-bond donors (Lipinski definition) is 0. The molecule has 0 bridgehead atoms. The molecule has 1 fully saturated rings. The third-order valence-corrected chi connectivity index (χ3v) is 3.63. The lowest BCUT2D eigenvalue weighted by molar-refractivity contribution is 0.836. The molecule has 3 heteroatoms. The van der Waals surface area contributed by atoms with Crippen LogP contribution in [0.2, 0.25) is 0 Å². The number of halogens is 1. The summed E-state index contributed by atoms with van der Waals surface area (Å²) in [6.07, 6.45) is 4.63. The number of rotatable bonds is 3. The molecule has 0 unspecified atom stereocenters. The van der Waals surface area contributed by atoms with Crippen molar-refractivity contribution in [3.63, 3.8) is 0 Å². The number of alkyl halides is 1. The van der Waals surface area contributed by atoms with Gasteiger partial charge in [0.25, 0.3) is 0 Å². The van der Waals surface area contributed by atoms with Gasteiger partial charge < -0.3 is 0 Å². The van der Waals surface area contributed by atoms with Gasteiger partial charge in [-0.25, -0.2) is 4.68 Å². The van der Waals surface area contributed by atoms with Crippen molar-refractivity contribution < 1.29 is 0 Å². The zero-order valence-corrected chi connectivity index (χ0v) is 10.6. The first-order valence-electron chi connectivity index (χ1n) is 5.99. The first kappa shape index (κ1) is 10.8. The Bertz CT molecular complexity index is 541. The zero-order valence-electron chi connectivity index (χ0n) is 9.86. The van der Waals surface area contributed by atoms with Crippen LogP contribution in [0, 0.1) is 6.92 Å². The lowest BCUT2D eigenvalue weighted by Gasteiger charge is -2.06. The van der Waals surface area contributed by atoms with Gasteiger partial charge in [0, 0.05) is 18.0 Å². The van der Waals surface area contributed by atoms with Gasteiger partial charge in [-0.2, -0.15) is 5.10 Å². The summed E-state index contributed by atoms with van der Waals surface area (Å²) >= 11 is 5.86. The molecule has 0 radical (unpaired) electrons. The molecule has 1 aliphatic carbocycles. The molecule has 0 spiro atoms. The third-order valence-electron chi connectivity index (χ3n) is 3.34. The van der Waals surface area contributed by atoms with Gasteiger partial charge in [-0.1, -0.05) is 6.07 Å². The Labute approximate surface area is 106 Å². The van der Waals surface area contributed by atoms with Crippen LogP contribution < -0.4 is 0 Å². The quantitative estimate of drug-likeness (QED) is 0.754. The van der Waals surface area contributed by atoms with E-state index in [0.717, 1.165) is 5.69 Å². The number of aryl methyl sites for hydroxylation is 1. The standard InChI is InChI=1S/C14H15ClN2/c1-10-8-13(5-4-12(10)9-15)17-7-6-14(16-17)11-2-3-11/h4-8,11H,2-3,9H2,1H3. The molecule has 0 atom stereocenters. The molecule has 2 aromatic rings. The predicted octanol–water partition coefficient (Wildman–Crippen LogP) is 3.80. The lowest BCUT2D eigenvalue weighted by atomic mass is 10.1. The van der Waals surface area contributed by atoms with E-state index in [-0.39, 0.29) is 0 Å². The van der Waals surface area contributed by atoms with E-state index >= 15 is 0 Å². The fraction of sp³-hybridized carbons (Fsp3) is 0.357. The Balaban J connectivity index is 1.93. The Kier molecular flexibility index (Phi) is 2.67. The second kappa shape index (κ2) is 4.19. The Morgan fingerprint density at radius 2 is 2.18 bits per heavy atom. The van der Waals surface area contributed by atoms with E-state index < -0.39 is 0 Å². The average Bonchev–Trinajstić information content (AvgIpc) is 3.07. The molecule has 0 saturated heterocycles. The lowest BCUT2D eigenvalue weighted by Crippen LogP contribution is -1.97. The predicted molar refractivity (Wildman–Crippen MR) is 69.8 cm³/mol. The molecule has 2 nitrogen and oxygen atoms in total. The van der Waals surface area contributed by atoms with Crippen LogP contribution in [0.4, 0.5) is 0 Å². The number of benzene rings is 1. The molecule has 1 saturated carbocycles. The summed E-state index contributed by atoms with van der Waals surface area (Å²) < 4.78 is 1.96. The van der Waals surface area contributed by atoms with Crippen molar-refractivity contribution in [2.45, 2.75) is 31.6 Å². The second-order valence-electron chi connectivity index (χ2n) is 4.70. The van der Waals surface area contributed by atoms with Crippen LogP contribution in [0.15, 0.2) is 30.5 Å². The SMILES string of the molecule is Cc1cc(-n2ccc(C3CC3)n2)ccc1CCl. The van der Waals surface area contributed by atoms with E-state index in [4.69, 9.17) is 11.6 Å². The number of aromatic nitrogens is 2.